The molecule has 0 unspecified atom stereocenters. The van der Waals surface area contributed by atoms with Crippen LogP contribution in [0.1, 0.15) is 144 Å². The molecule has 0 aliphatic heterocycles. The van der Waals surface area contributed by atoms with E-state index in [1.807, 2.05) is 20.8 Å². The molecule has 17 nitrogen and oxygen atoms in total. The van der Waals surface area contributed by atoms with Gasteiger partial charge in [-0.3, -0.25) is 24.0 Å². The van der Waals surface area contributed by atoms with Crippen molar-refractivity contribution < 1.29 is 57.2 Å². The maximum absolute atomic E-state index is 12.9. The van der Waals surface area contributed by atoms with Gasteiger partial charge in [0.25, 0.3) is 0 Å². The normalized spacial score (nSPS) is 12.1. The highest BCUT2D eigenvalue weighted by Gasteiger charge is 2.27. The van der Waals surface area contributed by atoms with Gasteiger partial charge in [-0.05, 0) is 60.8 Å². The van der Waals surface area contributed by atoms with Gasteiger partial charge in [0.05, 0.1) is 39.6 Å². The Kier molecular flexibility index (Phi) is 34.2. The number of amides is 4. The minimum absolute atomic E-state index is 0.0175. The fraction of sp³-hybridized carbons (Fsp3) is 0.860. The highest BCUT2D eigenvalue weighted by molar-refractivity contribution is 5.85. The Balaban J connectivity index is 4.01. The summed E-state index contributed by atoms with van der Waals surface area (Å²) in [5.41, 5.74) is 4.15. The Bertz CT molecular complexity index is 1180. The van der Waals surface area contributed by atoms with E-state index >= 15 is 0 Å². The van der Waals surface area contributed by atoms with Crippen molar-refractivity contribution in [3.05, 3.63) is 0 Å². The lowest BCUT2D eigenvalue weighted by molar-refractivity contribution is -0.159. The molecule has 6 N–H and O–H groups in total. The minimum atomic E-state index is -0.932. The van der Waals surface area contributed by atoms with Crippen molar-refractivity contribution >= 4 is 35.6 Å². The third kappa shape index (κ3) is 40.0. The topological polar surface area (TPSA) is 232 Å². The van der Waals surface area contributed by atoms with Gasteiger partial charge in [0.2, 0.25) is 23.6 Å². The first-order chi connectivity index (χ1) is 28.5. The van der Waals surface area contributed by atoms with E-state index < -0.39 is 23.2 Å². The highest BCUT2D eigenvalue weighted by atomic mass is 16.6. The van der Waals surface area contributed by atoms with Gasteiger partial charge in [-0.15, -0.1) is 0 Å². The molecule has 17 heteroatoms. The molecule has 0 heterocycles. The van der Waals surface area contributed by atoms with Crippen molar-refractivity contribution in [2.75, 3.05) is 79.0 Å². The van der Waals surface area contributed by atoms with Crippen LogP contribution in [0.4, 0.5) is 0 Å². The molecule has 0 rings (SSSR count). The van der Waals surface area contributed by atoms with Gasteiger partial charge in [-0.25, -0.2) is 4.79 Å². The minimum Gasteiger partial charge on any atom is -0.460 e. The molecule has 0 aliphatic carbocycles. The van der Waals surface area contributed by atoms with Crippen LogP contribution in [-0.2, 0) is 57.2 Å². The fourth-order valence-electron chi connectivity index (χ4n) is 5.58. The second kappa shape index (κ2) is 36.3. The average Bonchev–Trinajstić information content (AvgIpc) is 3.16. The van der Waals surface area contributed by atoms with E-state index in [1.165, 1.54) is 32.1 Å². The number of carbonyl (C=O) groups is 6. The quantitative estimate of drug-likeness (QED) is 0.0440. The third-order valence-electron chi connectivity index (χ3n) is 8.46. The van der Waals surface area contributed by atoms with E-state index in [1.54, 1.807) is 20.8 Å². The second-order valence-corrected chi connectivity index (χ2v) is 16.7. The van der Waals surface area contributed by atoms with Crippen LogP contribution in [0, 0.1) is 0 Å². The zero-order valence-corrected chi connectivity index (χ0v) is 37.9. The van der Waals surface area contributed by atoms with Gasteiger partial charge in [0, 0.05) is 45.4 Å². The smallest absolute Gasteiger partial charge is 0.329 e. The average molecular weight is 860 g/mol. The molecule has 0 radical (unpaired) electrons. The van der Waals surface area contributed by atoms with Crippen molar-refractivity contribution in [2.45, 2.75) is 162 Å². The van der Waals surface area contributed by atoms with Crippen LogP contribution in [0.2, 0.25) is 0 Å². The predicted octanol–water partition coefficient (Wildman–Crippen LogP) is 3.77. The molecule has 0 aromatic heterocycles. The van der Waals surface area contributed by atoms with E-state index in [0.29, 0.717) is 32.5 Å². The zero-order valence-electron chi connectivity index (χ0n) is 37.9. The molecule has 0 bridgehead atoms. The van der Waals surface area contributed by atoms with Gasteiger partial charge in [-0.1, -0.05) is 64.2 Å². The Morgan fingerprint density at radius 3 is 1.35 bits per heavy atom. The van der Waals surface area contributed by atoms with Crippen LogP contribution in [0.3, 0.4) is 0 Å². The summed E-state index contributed by atoms with van der Waals surface area (Å²) in [4.78, 5) is 73.1. The summed E-state index contributed by atoms with van der Waals surface area (Å²) in [6, 6.07) is -0.932. The van der Waals surface area contributed by atoms with Crippen molar-refractivity contribution in [1.82, 2.24) is 21.3 Å². The number of esters is 2. The summed E-state index contributed by atoms with van der Waals surface area (Å²) < 4.78 is 32.1. The Labute approximate surface area is 359 Å². The van der Waals surface area contributed by atoms with Crippen LogP contribution in [0.25, 0.3) is 0 Å². The molecule has 350 valence electrons. The Hall–Kier alpha value is -3.38. The van der Waals surface area contributed by atoms with Crippen LogP contribution in [-0.4, -0.2) is 132 Å². The van der Waals surface area contributed by atoms with Crippen molar-refractivity contribution in [1.29, 1.82) is 0 Å². The van der Waals surface area contributed by atoms with E-state index in [9.17, 15) is 28.8 Å². The molecule has 0 aromatic carbocycles. The van der Waals surface area contributed by atoms with E-state index in [2.05, 4.69) is 21.3 Å². The highest BCUT2D eigenvalue weighted by Crippen LogP contribution is 2.15. The number of hydrogen-bond donors (Lipinski definition) is 5. The van der Waals surface area contributed by atoms with Crippen LogP contribution >= 0.6 is 0 Å². The number of ether oxygens (including phenoxy) is 6. The van der Waals surface area contributed by atoms with Gasteiger partial charge in [-0.2, -0.15) is 0 Å². The largest absolute Gasteiger partial charge is 0.460 e. The molecule has 4 amide bonds. The molecule has 0 saturated carbocycles. The SMILES string of the molecule is CC(C)(C)OC(=O)CCCCCCCCCCCCCCC(=O)N[C@@H](CCC(=O)NCCOCCOCC(=O)NCCOCCOCC(=O)NCCN)C(=O)OC(C)(C)C. The zero-order chi connectivity index (χ0) is 44.9. The molecule has 0 saturated heterocycles. The molecule has 0 aromatic rings. The number of nitrogens with two attached hydrogens (primary N) is 1. The summed E-state index contributed by atoms with van der Waals surface area (Å²) in [5.74, 6) is -1.75. The summed E-state index contributed by atoms with van der Waals surface area (Å²) in [5, 5.41) is 10.8. The molecule has 1 atom stereocenters. The lowest BCUT2D eigenvalue weighted by atomic mass is 10.0. The standard InChI is InChI=1S/C43H81N5O12/c1-42(2,3)59-40(53)20-18-16-14-12-10-8-7-9-11-13-15-17-19-37(50)48-35(41(54)60-43(4,5)6)21-22-36(49)46-25-27-55-29-32-58-34-39(52)47-26-28-56-30-31-57-33-38(51)45-24-23-44/h35H,7-34,44H2,1-6H3,(H,45,51)(H,46,49)(H,47,52)(H,48,50)/t35-/m0/s1. The number of nitrogens with one attached hydrogen (secondary N) is 4. The molecule has 0 aliphatic rings. The van der Waals surface area contributed by atoms with Gasteiger partial charge < -0.3 is 55.4 Å². The first-order valence-corrected chi connectivity index (χ1v) is 22.1. The molecular formula is C43H81N5O12. The van der Waals surface area contributed by atoms with Gasteiger partial charge in [0.15, 0.2) is 0 Å². The number of hydrogen-bond acceptors (Lipinski definition) is 13. The number of rotatable bonds is 38. The fourth-order valence-corrected chi connectivity index (χ4v) is 5.58. The summed E-state index contributed by atoms with van der Waals surface area (Å²) in [6.07, 6.45) is 13.8. The van der Waals surface area contributed by atoms with Gasteiger partial charge in [0.1, 0.15) is 30.5 Å². The Morgan fingerprint density at radius 2 is 0.883 bits per heavy atom. The van der Waals surface area contributed by atoms with Crippen LogP contribution < -0.4 is 27.0 Å². The van der Waals surface area contributed by atoms with Crippen molar-refractivity contribution in [3.63, 3.8) is 0 Å². The van der Waals surface area contributed by atoms with E-state index in [-0.39, 0.29) is 102 Å². The maximum atomic E-state index is 12.9. The third-order valence-corrected chi connectivity index (χ3v) is 8.46. The molecule has 0 spiro atoms. The first-order valence-electron chi connectivity index (χ1n) is 22.1. The lowest BCUT2D eigenvalue weighted by Gasteiger charge is -2.24. The van der Waals surface area contributed by atoms with E-state index in [4.69, 9.17) is 34.2 Å². The predicted molar refractivity (Wildman–Crippen MR) is 229 cm³/mol. The lowest BCUT2D eigenvalue weighted by Crippen LogP contribution is -2.44. The summed E-state index contributed by atoms with van der Waals surface area (Å²) in [6.45, 7) is 13.5. The number of unbranched alkanes of at least 4 members (excludes halogenated alkanes) is 11. The van der Waals surface area contributed by atoms with Crippen molar-refractivity contribution in [2.24, 2.45) is 5.73 Å². The molecular weight excluding hydrogens is 778 g/mol. The maximum Gasteiger partial charge on any atom is 0.329 e. The first kappa shape index (κ1) is 56.6. The van der Waals surface area contributed by atoms with Crippen LogP contribution in [0.15, 0.2) is 0 Å². The monoisotopic (exact) mass is 860 g/mol. The van der Waals surface area contributed by atoms with Gasteiger partial charge >= 0.3 is 11.9 Å². The van der Waals surface area contributed by atoms with Crippen molar-refractivity contribution in [3.8, 4) is 0 Å². The molecule has 60 heavy (non-hydrogen) atoms. The summed E-state index contributed by atoms with van der Waals surface area (Å²) >= 11 is 0. The Morgan fingerprint density at radius 1 is 0.467 bits per heavy atom. The van der Waals surface area contributed by atoms with E-state index in [0.717, 1.165) is 44.9 Å². The molecule has 0 fully saturated rings. The number of carbonyl (C=O) groups excluding carboxylic acids is 6. The van der Waals surface area contributed by atoms with Crippen LogP contribution in [0.5, 0.6) is 0 Å². The second-order valence-electron chi connectivity index (χ2n) is 16.7. The summed E-state index contributed by atoms with van der Waals surface area (Å²) in [7, 11) is 0.